The quantitative estimate of drug-likeness (QED) is 0.669. The lowest BCUT2D eigenvalue weighted by atomic mass is 10.2. The molecule has 0 spiro atoms. The molecule has 11 heavy (non-hydrogen) atoms. The van der Waals surface area contributed by atoms with Gasteiger partial charge in [0, 0.05) is 24.0 Å². The van der Waals surface area contributed by atoms with Gasteiger partial charge in [-0.25, -0.2) is 0 Å². The highest BCUT2D eigenvalue weighted by Crippen LogP contribution is 2.00. The Hall–Kier alpha value is -1.44. The van der Waals surface area contributed by atoms with Gasteiger partial charge in [-0.3, -0.25) is 0 Å². The smallest absolute Gasteiger partial charge is 0.0272 e. The van der Waals surface area contributed by atoms with Crippen molar-refractivity contribution < 1.29 is 0 Å². The fraction of sp³-hybridized carbons (Fsp3) is 0.111. The topological polar surface area (TPSA) is 27.8 Å². The zero-order valence-electron chi connectivity index (χ0n) is 6.43. The molecule has 0 fully saturated rings. The lowest BCUT2D eigenvalue weighted by Gasteiger charge is -2.01. The predicted octanol–water partition coefficient (Wildman–Crippen LogP) is 1.80. The lowest BCUT2D eigenvalue weighted by Crippen LogP contribution is -2.05. The number of aromatic nitrogens is 1. The number of allylic oxidation sites excluding steroid dienone is 1. The summed E-state index contributed by atoms with van der Waals surface area (Å²) in [5.41, 5.74) is 2.10. The predicted molar refractivity (Wildman–Crippen MR) is 47.0 cm³/mol. The molecule has 0 radical (unpaired) electrons. The largest absolute Gasteiger partial charge is 0.366 e. The number of hydrogen-bond acceptors (Lipinski definition) is 1. The van der Waals surface area contributed by atoms with Crippen molar-refractivity contribution in [3.63, 3.8) is 0 Å². The van der Waals surface area contributed by atoms with Crippen molar-refractivity contribution in [1.29, 1.82) is 0 Å². The molecule has 0 aliphatic heterocycles. The Kier molecular flexibility index (Phi) is 2.55. The van der Waals surface area contributed by atoms with Crippen LogP contribution in [0, 0.1) is 0 Å². The van der Waals surface area contributed by atoms with Gasteiger partial charge < -0.3 is 10.3 Å². The lowest BCUT2D eigenvalue weighted by molar-refractivity contribution is 0.955. The monoisotopic (exact) mass is 148 g/mol. The molecule has 0 saturated heterocycles. The zero-order valence-corrected chi connectivity index (χ0v) is 6.43. The summed E-state index contributed by atoms with van der Waals surface area (Å²) >= 11 is 0. The first-order valence-electron chi connectivity index (χ1n) is 3.50. The average Bonchev–Trinajstić information content (AvgIpc) is 2.40. The van der Waals surface area contributed by atoms with E-state index >= 15 is 0 Å². The van der Waals surface area contributed by atoms with Crippen LogP contribution >= 0.6 is 0 Å². The van der Waals surface area contributed by atoms with Crippen LogP contribution in [-0.2, 0) is 6.42 Å². The van der Waals surface area contributed by atoms with Crippen LogP contribution in [0.2, 0.25) is 0 Å². The fourth-order valence-corrected chi connectivity index (χ4v) is 0.903. The summed E-state index contributed by atoms with van der Waals surface area (Å²) in [6.07, 6.45) is 4.35. The average molecular weight is 148 g/mol. The molecule has 0 aromatic carbocycles. The van der Waals surface area contributed by atoms with E-state index in [-0.39, 0.29) is 0 Å². The Balaban J connectivity index is 2.43. The van der Waals surface area contributed by atoms with Crippen LogP contribution in [-0.4, -0.2) is 4.98 Å². The summed E-state index contributed by atoms with van der Waals surface area (Å²) in [6.45, 7) is 7.36. The molecule has 0 bridgehead atoms. The number of rotatable bonds is 4. The number of H-pyrrole nitrogens is 1. The highest BCUT2D eigenvalue weighted by Gasteiger charge is 1.93. The van der Waals surface area contributed by atoms with Crippen molar-refractivity contribution in [3.8, 4) is 0 Å². The van der Waals surface area contributed by atoms with Crippen LogP contribution in [0.3, 0.4) is 0 Å². The maximum atomic E-state index is 3.82. The molecule has 2 heteroatoms. The van der Waals surface area contributed by atoms with E-state index in [9.17, 15) is 0 Å². The summed E-state index contributed by atoms with van der Waals surface area (Å²) in [5, 5.41) is 2.93. The van der Waals surface area contributed by atoms with Crippen molar-refractivity contribution in [2.24, 2.45) is 0 Å². The Morgan fingerprint density at radius 2 is 2.55 bits per heavy atom. The summed E-state index contributed by atoms with van der Waals surface area (Å²) in [5.74, 6) is 0. The minimum Gasteiger partial charge on any atom is -0.366 e. The Morgan fingerprint density at radius 1 is 1.73 bits per heavy atom. The first kappa shape index (κ1) is 7.66. The highest BCUT2D eigenvalue weighted by atomic mass is 14.8. The molecule has 2 N–H and O–H groups in total. The van der Waals surface area contributed by atoms with Crippen LogP contribution in [0.1, 0.15) is 5.69 Å². The van der Waals surface area contributed by atoms with E-state index in [0.29, 0.717) is 0 Å². The summed E-state index contributed by atoms with van der Waals surface area (Å²) in [7, 11) is 0. The van der Waals surface area contributed by atoms with Crippen LogP contribution < -0.4 is 5.32 Å². The van der Waals surface area contributed by atoms with Gasteiger partial charge in [0.15, 0.2) is 0 Å². The first-order valence-corrected chi connectivity index (χ1v) is 3.50. The van der Waals surface area contributed by atoms with E-state index in [0.717, 1.165) is 17.8 Å². The van der Waals surface area contributed by atoms with Crippen molar-refractivity contribution in [1.82, 2.24) is 10.3 Å². The normalized spacial score (nSPS) is 9.09. The van der Waals surface area contributed by atoms with Gasteiger partial charge in [0.25, 0.3) is 0 Å². The third kappa shape index (κ3) is 2.34. The van der Waals surface area contributed by atoms with Gasteiger partial charge in [-0.15, -0.1) is 0 Å². The SMILES string of the molecule is C=CNC(=C)Cc1ccc[nH]1. The van der Waals surface area contributed by atoms with Gasteiger partial charge >= 0.3 is 0 Å². The molecule has 58 valence electrons. The molecule has 1 aromatic rings. The van der Waals surface area contributed by atoms with Crippen molar-refractivity contribution in [2.75, 3.05) is 0 Å². The fourth-order valence-electron chi connectivity index (χ4n) is 0.903. The standard InChI is InChI=1S/C9H12N2/c1-3-10-8(2)7-9-5-4-6-11-9/h3-6,10-11H,1-2,7H2. The molecule has 0 aliphatic carbocycles. The molecule has 1 heterocycles. The number of aromatic amines is 1. The Morgan fingerprint density at radius 3 is 3.09 bits per heavy atom. The van der Waals surface area contributed by atoms with Crippen molar-refractivity contribution in [2.45, 2.75) is 6.42 Å². The van der Waals surface area contributed by atoms with Gasteiger partial charge in [-0.2, -0.15) is 0 Å². The minimum atomic E-state index is 0.818. The van der Waals surface area contributed by atoms with Crippen molar-refractivity contribution in [3.05, 3.63) is 49.1 Å². The van der Waals surface area contributed by atoms with Crippen molar-refractivity contribution >= 4 is 0 Å². The molecule has 1 aromatic heterocycles. The molecular weight excluding hydrogens is 136 g/mol. The molecule has 0 saturated carbocycles. The first-order chi connectivity index (χ1) is 5.33. The van der Waals surface area contributed by atoms with Gasteiger partial charge in [-0.1, -0.05) is 13.2 Å². The molecule has 0 aliphatic rings. The van der Waals surface area contributed by atoms with Crippen LogP contribution in [0.15, 0.2) is 43.4 Å². The second kappa shape index (κ2) is 3.66. The Bertz CT molecular complexity index is 234. The van der Waals surface area contributed by atoms with Gasteiger partial charge in [0.2, 0.25) is 0 Å². The summed E-state index contributed by atoms with van der Waals surface area (Å²) in [6, 6.07) is 3.99. The van der Waals surface area contributed by atoms with E-state index in [1.807, 2.05) is 18.3 Å². The molecule has 0 unspecified atom stereocenters. The van der Waals surface area contributed by atoms with Gasteiger partial charge in [0.05, 0.1) is 0 Å². The van der Waals surface area contributed by atoms with Crippen LogP contribution in [0.25, 0.3) is 0 Å². The van der Waals surface area contributed by atoms with E-state index in [2.05, 4.69) is 23.5 Å². The van der Waals surface area contributed by atoms with Gasteiger partial charge in [-0.05, 0) is 18.3 Å². The van der Waals surface area contributed by atoms with E-state index in [1.54, 1.807) is 6.20 Å². The maximum Gasteiger partial charge on any atom is 0.0272 e. The maximum absolute atomic E-state index is 3.82. The van der Waals surface area contributed by atoms with Gasteiger partial charge in [0.1, 0.15) is 0 Å². The minimum absolute atomic E-state index is 0.818. The number of nitrogens with one attached hydrogen (secondary N) is 2. The molecule has 0 atom stereocenters. The summed E-state index contributed by atoms with van der Waals surface area (Å²) in [4.78, 5) is 3.09. The van der Waals surface area contributed by atoms with E-state index < -0.39 is 0 Å². The molecule has 2 nitrogen and oxygen atoms in total. The Labute approximate surface area is 66.6 Å². The highest BCUT2D eigenvalue weighted by molar-refractivity contribution is 5.12. The summed E-state index contributed by atoms with van der Waals surface area (Å²) < 4.78 is 0. The third-order valence-corrected chi connectivity index (χ3v) is 1.37. The number of hydrogen-bond donors (Lipinski definition) is 2. The van der Waals surface area contributed by atoms with E-state index in [4.69, 9.17) is 0 Å². The van der Waals surface area contributed by atoms with Crippen LogP contribution in [0.5, 0.6) is 0 Å². The zero-order chi connectivity index (χ0) is 8.10. The third-order valence-electron chi connectivity index (χ3n) is 1.37. The molecule has 1 rings (SSSR count). The second-order valence-corrected chi connectivity index (χ2v) is 2.32. The molecular formula is C9H12N2. The second-order valence-electron chi connectivity index (χ2n) is 2.32. The molecule has 0 amide bonds. The van der Waals surface area contributed by atoms with Crippen LogP contribution in [0.4, 0.5) is 0 Å². The van der Waals surface area contributed by atoms with E-state index in [1.165, 1.54) is 0 Å².